The molecular weight excluding hydrogens is 581 g/mol. The summed E-state index contributed by atoms with van der Waals surface area (Å²) in [6.07, 6.45) is 5.65. The van der Waals surface area contributed by atoms with Gasteiger partial charge in [-0.1, -0.05) is 53.4 Å². The monoisotopic (exact) mass is 625 g/mol. The van der Waals surface area contributed by atoms with Crippen LogP contribution in [0.4, 0.5) is 26.6 Å². The average molecular weight is 626 g/mol. The van der Waals surface area contributed by atoms with E-state index < -0.39 is 11.9 Å². The van der Waals surface area contributed by atoms with E-state index in [4.69, 9.17) is 9.47 Å². The van der Waals surface area contributed by atoms with E-state index in [-0.39, 0.29) is 18.2 Å². The first kappa shape index (κ1) is 32.9. The highest BCUT2D eigenvalue weighted by Crippen LogP contribution is 2.28. The average Bonchev–Trinajstić information content (AvgIpc) is 3.01. The maximum Gasteiger partial charge on any atom is 0.421 e. The minimum absolute atomic E-state index is 0.211. The van der Waals surface area contributed by atoms with Gasteiger partial charge in [-0.2, -0.15) is 4.98 Å². The van der Waals surface area contributed by atoms with Crippen LogP contribution in [0, 0.1) is 40.4 Å². The van der Waals surface area contributed by atoms with Crippen LogP contribution in [0.15, 0.2) is 60.8 Å². The Bertz CT molecular complexity index is 1630. The molecule has 5 rings (SSSR count). The molecule has 0 radical (unpaired) electrons. The van der Waals surface area contributed by atoms with Gasteiger partial charge in [-0.25, -0.2) is 14.2 Å². The van der Waals surface area contributed by atoms with Crippen molar-refractivity contribution in [2.24, 2.45) is 0 Å². The number of nitrogens with zero attached hydrogens (tertiary/aromatic N) is 4. The lowest BCUT2D eigenvalue weighted by atomic mass is 10.1. The topological polar surface area (TPSA) is 79.8 Å². The zero-order valence-corrected chi connectivity index (χ0v) is 27.5. The molecule has 1 aromatic heterocycles. The second kappa shape index (κ2) is 15.2. The van der Waals surface area contributed by atoms with E-state index in [9.17, 15) is 9.18 Å². The van der Waals surface area contributed by atoms with Crippen LogP contribution in [0.1, 0.15) is 59.1 Å². The van der Waals surface area contributed by atoms with E-state index in [1.54, 1.807) is 24.4 Å². The van der Waals surface area contributed by atoms with Crippen LogP contribution in [-0.4, -0.2) is 47.2 Å². The minimum Gasteiger partial charge on any atom is -0.490 e. The third kappa shape index (κ3) is 8.81. The number of rotatable bonds is 11. The van der Waals surface area contributed by atoms with E-state index in [1.807, 2.05) is 58.9 Å². The molecule has 242 valence electrons. The second-order valence-corrected chi connectivity index (χ2v) is 12.3. The summed E-state index contributed by atoms with van der Waals surface area (Å²) < 4.78 is 26.7. The quantitative estimate of drug-likeness (QED) is 0.168. The molecule has 2 heterocycles. The lowest BCUT2D eigenvalue weighted by Gasteiger charge is -2.26. The number of benzene rings is 3. The van der Waals surface area contributed by atoms with E-state index >= 15 is 0 Å². The molecule has 8 nitrogen and oxygen atoms in total. The molecule has 1 saturated heterocycles. The molecule has 0 saturated carbocycles. The van der Waals surface area contributed by atoms with Crippen molar-refractivity contribution < 1.29 is 18.7 Å². The van der Waals surface area contributed by atoms with Crippen LogP contribution in [0.25, 0.3) is 0 Å². The Morgan fingerprint density at radius 1 is 0.913 bits per heavy atom. The first-order valence-electron chi connectivity index (χ1n) is 16.0. The zero-order chi connectivity index (χ0) is 32.6. The fraction of sp³-hybridized carbons (Fsp3) is 0.378. The molecule has 9 heteroatoms. The van der Waals surface area contributed by atoms with Crippen LogP contribution in [0.5, 0.6) is 11.5 Å². The highest BCUT2D eigenvalue weighted by atomic mass is 19.1. The normalized spacial score (nSPS) is 13.3. The lowest BCUT2D eigenvalue weighted by Crippen LogP contribution is -2.34. The number of nitrogens with one attached hydrogen (secondary N) is 1. The molecule has 0 atom stereocenters. The first-order valence-corrected chi connectivity index (χ1v) is 16.0. The fourth-order valence-electron chi connectivity index (χ4n) is 6.09. The smallest absolute Gasteiger partial charge is 0.421 e. The fourth-order valence-corrected chi connectivity index (χ4v) is 6.09. The van der Waals surface area contributed by atoms with Gasteiger partial charge in [0.2, 0.25) is 5.95 Å². The van der Waals surface area contributed by atoms with Gasteiger partial charge in [0.1, 0.15) is 11.6 Å². The number of aromatic nitrogens is 2. The number of carbonyl (C=O) groups is 1. The van der Waals surface area contributed by atoms with Crippen LogP contribution in [0.2, 0.25) is 0 Å². The number of piperidine rings is 1. The van der Waals surface area contributed by atoms with E-state index in [0.717, 1.165) is 59.4 Å². The summed E-state index contributed by atoms with van der Waals surface area (Å²) in [7, 11) is 0. The molecule has 1 aliphatic rings. The SMILES string of the molecule is Cc1cc(C)cc(CN(C(=O)Oc2c(C)cc(C)cc2C)c2ccnc(Nc3ccc(OCCCN4CCCCC4)c(F)c3)n2)c1. The summed E-state index contributed by atoms with van der Waals surface area (Å²) in [4.78, 5) is 26.7. The molecule has 0 aliphatic carbocycles. The van der Waals surface area contributed by atoms with Crippen LogP contribution in [0.3, 0.4) is 0 Å². The molecular formula is C37H44FN5O3. The number of halogens is 1. The van der Waals surface area contributed by atoms with Gasteiger partial charge in [-0.3, -0.25) is 4.90 Å². The van der Waals surface area contributed by atoms with E-state index in [2.05, 4.69) is 26.3 Å². The minimum atomic E-state index is -0.563. The number of hydrogen-bond donors (Lipinski definition) is 1. The van der Waals surface area contributed by atoms with Crippen molar-refractivity contribution in [2.75, 3.05) is 36.5 Å². The van der Waals surface area contributed by atoms with E-state index in [0.29, 0.717) is 23.9 Å². The second-order valence-electron chi connectivity index (χ2n) is 12.3. The lowest BCUT2D eigenvalue weighted by molar-refractivity contribution is 0.203. The highest BCUT2D eigenvalue weighted by Gasteiger charge is 2.23. The predicted octanol–water partition coefficient (Wildman–Crippen LogP) is 8.36. The summed E-state index contributed by atoms with van der Waals surface area (Å²) in [6.45, 7) is 13.8. The molecule has 0 bridgehead atoms. The van der Waals surface area contributed by atoms with Crippen molar-refractivity contribution in [1.29, 1.82) is 0 Å². The van der Waals surface area contributed by atoms with E-state index in [1.165, 1.54) is 30.2 Å². The highest BCUT2D eigenvalue weighted by molar-refractivity contribution is 5.88. The van der Waals surface area contributed by atoms with Crippen molar-refractivity contribution in [3.8, 4) is 11.5 Å². The number of aryl methyl sites for hydroxylation is 5. The summed E-state index contributed by atoms with van der Waals surface area (Å²) in [5.41, 5.74) is 6.43. The molecule has 46 heavy (non-hydrogen) atoms. The van der Waals surface area contributed by atoms with Crippen LogP contribution in [-0.2, 0) is 6.54 Å². The van der Waals surface area contributed by atoms with Gasteiger partial charge in [-0.05, 0) is 102 Å². The summed E-state index contributed by atoms with van der Waals surface area (Å²) in [5, 5.41) is 3.07. The number of anilines is 3. The van der Waals surface area contributed by atoms with Gasteiger partial charge in [0.25, 0.3) is 0 Å². The Kier molecular flexibility index (Phi) is 10.9. The number of amides is 1. The predicted molar refractivity (Wildman–Crippen MR) is 181 cm³/mol. The van der Waals surface area contributed by atoms with Gasteiger partial charge >= 0.3 is 6.09 Å². The Morgan fingerprint density at radius 2 is 1.61 bits per heavy atom. The van der Waals surface area contributed by atoms with Crippen molar-refractivity contribution >= 4 is 23.5 Å². The third-order valence-electron chi connectivity index (χ3n) is 8.07. The number of hydrogen-bond acceptors (Lipinski definition) is 7. The van der Waals surface area contributed by atoms with Gasteiger partial charge in [-0.15, -0.1) is 0 Å². The molecule has 1 N–H and O–H groups in total. The summed E-state index contributed by atoms with van der Waals surface area (Å²) in [5.74, 6) is 0.829. The molecule has 0 unspecified atom stereocenters. The van der Waals surface area contributed by atoms with Crippen molar-refractivity contribution in [2.45, 2.75) is 66.8 Å². The maximum atomic E-state index is 15.0. The van der Waals surface area contributed by atoms with Crippen molar-refractivity contribution in [3.05, 3.63) is 100.0 Å². The van der Waals surface area contributed by atoms with Crippen LogP contribution < -0.4 is 19.7 Å². The Balaban J connectivity index is 1.31. The molecule has 3 aromatic carbocycles. The largest absolute Gasteiger partial charge is 0.490 e. The molecule has 0 spiro atoms. The number of carbonyl (C=O) groups excluding carboxylic acids is 1. The standard InChI is InChI=1S/C37H44FN5O3/c1-25-18-26(2)22-30(21-25)24-43(37(44)46-35-28(4)19-27(3)20-29(35)5)34-12-13-39-36(41-34)40-31-10-11-33(32(38)23-31)45-17-9-16-42-14-7-6-8-15-42/h10-13,18-23H,6-9,14-17,24H2,1-5H3,(H,39,40,41). The van der Waals surface area contributed by atoms with Crippen molar-refractivity contribution in [3.63, 3.8) is 0 Å². The van der Waals surface area contributed by atoms with Crippen molar-refractivity contribution in [1.82, 2.24) is 14.9 Å². The summed E-state index contributed by atoms with van der Waals surface area (Å²) >= 11 is 0. The molecule has 1 aliphatic heterocycles. The number of likely N-dealkylation sites (tertiary alicyclic amines) is 1. The van der Waals surface area contributed by atoms with Crippen LogP contribution >= 0.6 is 0 Å². The van der Waals surface area contributed by atoms with Gasteiger partial charge in [0.15, 0.2) is 11.6 Å². The van der Waals surface area contributed by atoms with Gasteiger partial charge in [0, 0.05) is 24.5 Å². The first-order chi connectivity index (χ1) is 22.1. The Morgan fingerprint density at radius 3 is 2.30 bits per heavy atom. The Labute approximate surface area is 271 Å². The third-order valence-corrected chi connectivity index (χ3v) is 8.07. The number of ether oxygens (including phenoxy) is 2. The molecule has 1 amide bonds. The molecule has 1 fully saturated rings. The molecule has 4 aromatic rings. The summed E-state index contributed by atoms with van der Waals surface area (Å²) in [6, 6.07) is 16.5. The zero-order valence-electron chi connectivity index (χ0n) is 27.5. The van der Waals surface area contributed by atoms with Gasteiger partial charge in [0.05, 0.1) is 13.2 Å². The maximum absolute atomic E-state index is 15.0. The Hall–Kier alpha value is -4.50. The van der Waals surface area contributed by atoms with Gasteiger partial charge < -0.3 is 19.7 Å².